The van der Waals surface area contributed by atoms with Gasteiger partial charge < -0.3 is 10.4 Å². The van der Waals surface area contributed by atoms with Crippen LogP contribution in [0.3, 0.4) is 0 Å². The number of aliphatic hydroxyl groups excluding tert-OH is 1. The van der Waals surface area contributed by atoms with Gasteiger partial charge >= 0.3 is 0 Å². The van der Waals surface area contributed by atoms with E-state index in [-0.39, 0.29) is 11.5 Å². The Morgan fingerprint density at radius 2 is 1.92 bits per heavy atom. The summed E-state index contributed by atoms with van der Waals surface area (Å²) in [6.45, 7) is 10.5. The zero-order valence-corrected chi connectivity index (χ0v) is 8.59. The lowest BCUT2D eigenvalue weighted by atomic mass is 9.78. The summed E-state index contributed by atoms with van der Waals surface area (Å²) in [5.74, 6) is 1.05. The van der Waals surface area contributed by atoms with Crippen LogP contribution in [0, 0.1) is 17.3 Å². The molecule has 0 spiro atoms. The maximum Gasteiger partial charge on any atom is 0.0631 e. The Morgan fingerprint density at radius 1 is 1.33 bits per heavy atom. The van der Waals surface area contributed by atoms with Crippen molar-refractivity contribution < 1.29 is 5.11 Å². The molecule has 3 unspecified atom stereocenters. The number of rotatable bonds is 1. The average molecular weight is 171 g/mol. The third kappa shape index (κ3) is 1.99. The van der Waals surface area contributed by atoms with Gasteiger partial charge in [0, 0.05) is 12.5 Å². The van der Waals surface area contributed by atoms with Crippen molar-refractivity contribution in [3.63, 3.8) is 0 Å². The van der Waals surface area contributed by atoms with Crippen LogP contribution >= 0.6 is 0 Å². The highest BCUT2D eigenvalue weighted by molar-refractivity contribution is 4.88. The van der Waals surface area contributed by atoms with Crippen molar-refractivity contribution in [1.29, 1.82) is 0 Å². The minimum Gasteiger partial charge on any atom is -0.392 e. The summed E-state index contributed by atoms with van der Waals surface area (Å²) >= 11 is 0. The molecule has 2 N–H and O–H groups in total. The van der Waals surface area contributed by atoms with Crippen LogP contribution < -0.4 is 5.32 Å². The molecule has 2 nitrogen and oxygen atoms in total. The fourth-order valence-electron chi connectivity index (χ4n) is 1.90. The van der Waals surface area contributed by atoms with Crippen LogP contribution in [0.5, 0.6) is 0 Å². The van der Waals surface area contributed by atoms with Gasteiger partial charge in [-0.1, -0.05) is 27.7 Å². The predicted molar refractivity (Wildman–Crippen MR) is 51.0 cm³/mol. The minimum atomic E-state index is -0.178. The zero-order valence-electron chi connectivity index (χ0n) is 8.59. The first-order valence-corrected chi connectivity index (χ1v) is 4.81. The fraction of sp³-hybridized carbons (Fsp3) is 1.00. The highest BCUT2D eigenvalue weighted by Crippen LogP contribution is 2.31. The molecule has 0 bridgehead atoms. The van der Waals surface area contributed by atoms with E-state index in [0.29, 0.717) is 11.8 Å². The van der Waals surface area contributed by atoms with Gasteiger partial charge in [0.05, 0.1) is 6.10 Å². The van der Waals surface area contributed by atoms with Crippen molar-refractivity contribution >= 4 is 0 Å². The van der Waals surface area contributed by atoms with Crippen LogP contribution in [-0.4, -0.2) is 24.3 Å². The van der Waals surface area contributed by atoms with Gasteiger partial charge in [-0.05, 0) is 17.9 Å². The Morgan fingerprint density at radius 3 is 2.25 bits per heavy atom. The zero-order chi connectivity index (χ0) is 9.35. The number of aliphatic hydroxyl groups is 1. The van der Waals surface area contributed by atoms with Crippen molar-refractivity contribution in [2.75, 3.05) is 13.1 Å². The molecule has 3 atom stereocenters. The quantitative estimate of drug-likeness (QED) is 0.622. The van der Waals surface area contributed by atoms with Crippen LogP contribution in [0.2, 0.25) is 0 Å². The number of nitrogens with one attached hydrogen (secondary N) is 1. The smallest absolute Gasteiger partial charge is 0.0631 e. The second kappa shape index (κ2) is 3.35. The highest BCUT2D eigenvalue weighted by atomic mass is 16.3. The Bertz CT molecular complexity index is 150. The van der Waals surface area contributed by atoms with E-state index in [2.05, 4.69) is 33.0 Å². The molecule has 0 aromatic rings. The Balaban J connectivity index is 2.57. The van der Waals surface area contributed by atoms with Crippen molar-refractivity contribution in [2.45, 2.75) is 33.8 Å². The second-order valence-corrected chi connectivity index (χ2v) is 5.11. The molecule has 1 saturated heterocycles. The molecule has 1 heterocycles. The SMILES string of the molecule is CC1CNCC1C(O)C(C)(C)C. The Labute approximate surface area is 75.4 Å². The van der Waals surface area contributed by atoms with E-state index in [9.17, 15) is 5.11 Å². The van der Waals surface area contributed by atoms with E-state index in [1.807, 2.05) is 0 Å². The van der Waals surface area contributed by atoms with E-state index in [4.69, 9.17) is 0 Å². The van der Waals surface area contributed by atoms with Crippen LogP contribution in [0.1, 0.15) is 27.7 Å². The molecule has 12 heavy (non-hydrogen) atoms. The van der Waals surface area contributed by atoms with Gasteiger partial charge in [-0.25, -0.2) is 0 Å². The second-order valence-electron chi connectivity index (χ2n) is 5.11. The van der Waals surface area contributed by atoms with E-state index in [0.717, 1.165) is 13.1 Å². The lowest BCUT2D eigenvalue weighted by Crippen LogP contribution is -2.37. The molecule has 72 valence electrons. The largest absolute Gasteiger partial charge is 0.392 e. The highest BCUT2D eigenvalue weighted by Gasteiger charge is 2.36. The van der Waals surface area contributed by atoms with Crippen LogP contribution in [0.25, 0.3) is 0 Å². The van der Waals surface area contributed by atoms with Crippen molar-refractivity contribution in [3.05, 3.63) is 0 Å². The topological polar surface area (TPSA) is 32.3 Å². The molecular formula is C10H21NO. The van der Waals surface area contributed by atoms with E-state index >= 15 is 0 Å². The summed E-state index contributed by atoms with van der Waals surface area (Å²) in [6.07, 6.45) is -0.178. The van der Waals surface area contributed by atoms with Crippen LogP contribution in [-0.2, 0) is 0 Å². The van der Waals surface area contributed by atoms with Crippen molar-refractivity contribution in [2.24, 2.45) is 17.3 Å². The minimum absolute atomic E-state index is 0.0188. The molecule has 0 aromatic heterocycles. The molecule has 0 saturated carbocycles. The summed E-state index contributed by atoms with van der Waals surface area (Å²) in [5.41, 5.74) is 0.0188. The van der Waals surface area contributed by atoms with Crippen molar-refractivity contribution in [3.8, 4) is 0 Å². The first-order valence-electron chi connectivity index (χ1n) is 4.81. The van der Waals surface area contributed by atoms with E-state index < -0.39 is 0 Å². The molecule has 1 rings (SSSR count). The average Bonchev–Trinajstić information content (AvgIpc) is 2.31. The van der Waals surface area contributed by atoms with Gasteiger partial charge in [-0.2, -0.15) is 0 Å². The summed E-state index contributed by atoms with van der Waals surface area (Å²) in [4.78, 5) is 0. The lowest BCUT2D eigenvalue weighted by molar-refractivity contribution is 0.00573. The molecule has 2 heteroatoms. The standard InChI is InChI=1S/C10H21NO/c1-7-5-11-6-8(7)9(12)10(2,3)4/h7-9,11-12H,5-6H2,1-4H3. The molecule has 0 radical (unpaired) electrons. The molecule has 0 aliphatic carbocycles. The fourth-order valence-corrected chi connectivity index (χ4v) is 1.90. The Hall–Kier alpha value is -0.0800. The third-order valence-electron chi connectivity index (χ3n) is 2.87. The van der Waals surface area contributed by atoms with Crippen LogP contribution in [0.4, 0.5) is 0 Å². The summed E-state index contributed by atoms with van der Waals surface area (Å²) in [5, 5.41) is 13.3. The summed E-state index contributed by atoms with van der Waals surface area (Å²) in [7, 11) is 0. The number of hydrogen-bond acceptors (Lipinski definition) is 2. The maximum atomic E-state index is 10.0. The third-order valence-corrected chi connectivity index (χ3v) is 2.87. The van der Waals surface area contributed by atoms with Gasteiger partial charge in [0.25, 0.3) is 0 Å². The maximum absolute atomic E-state index is 10.0. The lowest BCUT2D eigenvalue weighted by Gasteiger charge is -2.32. The molecule has 1 aliphatic rings. The van der Waals surface area contributed by atoms with Gasteiger partial charge in [0.2, 0.25) is 0 Å². The van der Waals surface area contributed by atoms with Gasteiger partial charge in [0.1, 0.15) is 0 Å². The van der Waals surface area contributed by atoms with Crippen molar-refractivity contribution in [1.82, 2.24) is 5.32 Å². The monoisotopic (exact) mass is 171 g/mol. The van der Waals surface area contributed by atoms with Gasteiger partial charge in [-0.3, -0.25) is 0 Å². The van der Waals surface area contributed by atoms with Gasteiger partial charge in [0.15, 0.2) is 0 Å². The normalized spacial score (nSPS) is 33.8. The predicted octanol–water partition coefficient (Wildman–Crippen LogP) is 1.25. The molecule has 0 aromatic carbocycles. The van der Waals surface area contributed by atoms with E-state index in [1.165, 1.54) is 0 Å². The number of hydrogen-bond donors (Lipinski definition) is 2. The van der Waals surface area contributed by atoms with E-state index in [1.54, 1.807) is 0 Å². The van der Waals surface area contributed by atoms with Crippen LogP contribution in [0.15, 0.2) is 0 Å². The molecular weight excluding hydrogens is 150 g/mol. The molecule has 1 aliphatic heterocycles. The molecule has 1 fully saturated rings. The molecule has 0 amide bonds. The summed E-state index contributed by atoms with van der Waals surface area (Å²) in [6, 6.07) is 0. The Kier molecular flexibility index (Phi) is 2.79. The summed E-state index contributed by atoms with van der Waals surface area (Å²) < 4.78 is 0. The first kappa shape index (κ1) is 10.0. The first-order chi connectivity index (χ1) is 5.43. The van der Waals surface area contributed by atoms with Gasteiger partial charge in [-0.15, -0.1) is 0 Å².